The number of rotatable bonds is 4. The lowest BCUT2D eigenvalue weighted by atomic mass is 9.95. The Balaban J connectivity index is 1.65. The van der Waals surface area contributed by atoms with Crippen LogP contribution in [0.2, 0.25) is 0 Å². The predicted molar refractivity (Wildman–Crippen MR) is 83.5 cm³/mol. The summed E-state index contributed by atoms with van der Waals surface area (Å²) >= 11 is 1.50. The van der Waals surface area contributed by atoms with E-state index in [2.05, 4.69) is 10.3 Å². The van der Waals surface area contributed by atoms with Crippen molar-refractivity contribution in [1.82, 2.24) is 14.9 Å². The van der Waals surface area contributed by atoms with Crippen molar-refractivity contribution < 1.29 is 0 Å². The van der Waals surface area contributed by atoms with Crippen molar-refractivity contribution in [2.45, 2.75) is 51.6 Å². The third-order valence-corrected chi connectivity index (χ3v) is 5.19. The summed E-state index contributed by atoms with van der Waals surface area (Å²) in [4.78, 5) is 16.7. The van der Waals surface area contributed by atoms with E-state index in [1.807, 2.05) is 12.3 Å². The zero-order valence-electron chi connectivity index (χ0n) is 11.9. The fraction of sp³-hybridized carbons (Fsp3) is 0.600. The van der Waals surface area contributed by atoms with Crippen molar-refractivity contribution in [3.05, 3.63) is 27.6 Å². The van der Waals surface area contributed by atoms with Gasteiger partial charge in [-0.25, -0.2) is 4.98 Å². The van der Waals surface area contributed by atoms with Gasteiger partial charge in [0.1, 0.15) is 4.70 Å². The van der Waals surface area contributed by atoms with Crippen LogP contribution >= 0.6 is 11.3 Å². The first-order valence-electron chi connectivity index (χ1n) is 7.42. The van der Waals surface area contributed by atoms with Crippen LogP contribution < -0.4 is 10.9 Å². The Hall–Kier alpha value is -1.20. The second-order valence-electron chi connectivity index (χ2n) is 5.63. The predicted octanol–water partition coefficient (Wildman–Crippen LogP) is 2.69. The molecule has 2 aromatic heterocycles. The first kappa shape index (κ1) is 13.8. The van der Waals surface area contributed by atoms with Crippen LogP contribution in [0.4, 0.5) is 0 Å². The third kappa shape index (κ3) is 2.79. The quantitative estimate of drug-likeness (QED) is 0.942. The van der Waals surface area contributed by atoms with Gasteiger partial charge in [-0.3, -0.25) is 9.36 Å². The molecule has 2 aromatic rings. The van der Waals surface area contributed by atoms with Gasteiger partial charge in [-0.1, -0.05) is 19.3 Å². The highest BCUT2D eigenvalue weighted by molar-refractivity contribution is 7.17. The molecule has 0 unspecified atom stereocenters. The average molecular weight is 291 g/mol. The number of fused-ring (bicyclic) bond motifs is 1. The molecular weight excluding hydrogens is 270 g/mol. The van der Waals surface area contributed by atoms with E-state index < -0.39 is 0 Å². The fourth-order valence-corrected chi connectivity index (χ4v) is 3.87. The van der Waals surface area contributed by atoms with Gasteiger partial charge in [-0.05, 0) is 30.7 Å². The zero-order valence-corrected chi connectivity index (χ0v) is 12.7. The number of nitrogens with zero attached hydrogens (tertiary/aromatic N) is 2. The summed E-state index contributed by atoms with van der Waals surface area (Å²) < 4.78 is 2.51. The van der Waals surface area contributed by atoms with Gasteiger partial charge in [0.15, 0.2) is 0 Å². The number of aromatic nitrogens is 2. The van der Waals surface area contributed by atoms with Gasteiger partial charge < -0.3 is 5.32 Å². The van der Waals surface area contributed by atoms with Crippen LogP contribution in [0.3, 0.4) is 0 Å². The summed E-state index contributed by atoms with van der Waals surface area (Å²) in [6.07, 6.45) is 8.27. The number of hydrogen-bond acceptors (Lipinski definition) is 4. The Morgan fingerprint density at radius 1 is 1.40 bits per heavy atom. The summed E-state index contributed by atoms with van der Waals surface area (Å²) in [6.45, 7) is 3.55. The molecule has 1 fully saturated rings. The van der Waals surface area contributed by atoms with E-state index in [0.29, 0.717) is 12.6 Å². The van der Waals surface area contributed by atoms with E-state index in [0.717, 1.165) is 22.3 Å². The van der Waals surface area contributed by atoms with Crippen LogP contribution in [-0.4, -0.2) is 22.1 Å². The summed E-state index contributed by atoms with van der Waals surface area (Å²) in [5.41, 5.74) is 2.05. The molecule has 0 aromatic carbocycles. The molecule has 0 aliphatic heterocycles. The van der Waals surface area contributed by atoms with E-state index in [-0.39, 0.29) is 5.56 Å². The first-order chi connectivity index (χ1) is 9.75. The Morgan fingerprint density at radius 2 is 2.20 bits per heavy atom. The second kappa shape index (κ2) is 6.06. The molecular formula is C15H21N3OS. The maximum Gasteiger partial charge on any atom is 0.271 e. The summed E-state index contributed by atoms with van der Waals surface area (Å²) in [5, 5.41) is 5.57. The van der Waals surface area contributed by atoms with Crippen LogP contribution in [0, 0.1) is 6.92 Å². The Morgan fingerprint density at radius 3 is 3.00 bits per heavy atom. The minimum atomic E-state index is 0.0959. The van der Waals surface area contributed by atoms with E-state index >= 15 is 0 Å². The van der Waals surface area contributed by atoms with Crippen molar-refractivity contribution in [3.63, 3.8) is 0 Å². The van der Waals surface area contributed by atoms with Crippen molar-refractivity contribution in [2.75, 3.05) is 6.54 Å². The number of nitrogens with one attached hydrogen (secondary N) is 1. The molecule has 0 amide bonds. The standard InChI is InChI=1S/C15H21N3OS/c1-11-9-20-14-13(11)17-10-18(15(14)19)8-7-16-12-5-3-2-4-6-12/h9-10,12,16H,2-8H2,1H3. The summed E-state index contributed by atoms with van der Waals surface area (Å²) in [5.74, 6) is 0. The Kier molecular flexibility index (Phi) is 4.17. The van der Waals surface area contributed by atoms with Crippen LogP contribution in [0.1, 0.15) is 37.7 Å². The molecule has 4 nitrogen and oxygen atoms in total. The van der Waals surface area contributed by atoms with Crippen molar-refractivity contribution in [2.24, 2.45) is 0 Å². The molecule has 20 heavy (non-hydrogen) atoms. The smallest absolute Gasteiger partial charge is 0.271 e. The molecule has 1 aliphatic carbocycles. The monoisotopic (exact) mass is 291 g/mol. The van der Waals surface area contributed by atoms with Gasteiger partial charge in [-0.2, -0.15) is 0 Å². The molecule has 3 rings (SSSR count). The molecule has 0 spiro atoms. The van der Waals surface area contributed by atoms with E-state index in [1.165, 1.54) is 43.4 Å². The fourth-order valence-electron chi connectivity index (χ4n) is 2.92. The topological polar surface area (TPSA) is 46.9 Å². The molecule has 1 N–H and O–H groups in total. The van der Waals surface area contributed by atoms with Crippen molar-refractivity contribution in [1.29, 1.82) is 0 Å². The van der Waals surface area contributed by atoms with Crippen molar-refractivity contribution in [3.8, 4) is 0 Å². The van der Waals surface area contributed by atoms with Crippen LogP contribution in [0.25, 0.3) is 10.2 Å². The van der Waals surface area contributed by atoms with Gasteiger partial charge in [0.25, 0.3) is 5.56 Å². The minimum absolute atomic E-state index is 0.0959. The van der Waals surface area contributed by atoms with Gasteiger partial charge in [0, 0.05) is 19.1 Å². The highest BCUT2D eigenvalue weighted by atomic mass is 32.1. The molecule has 1 aliphatic rings. The maximum atomic E-state index is 12.3. The molecule has 0 radical (unpaired) electrons. The Labute approximate surface area is 122 Å². The molecule has 0 atom stereocenters. The third-order valence-electron chi connectivity index (χ3n) is 4.11. The molecule has 0 bridgehead atoms. The lowest BCUT2D eigenvalue weighted by Crippen LogP contribution is -2.35. The van der Waals surface area contributed by atoms with E-state index in [9.17, 15) is 4.79 Å². The summed E-state index contributed by atoms with van der Waals surface area (Å²) in [7, 11) is 0. The van der Waals surface area contributed by atoms with Gasteiger partial charge in [-0.15, -0.1) is 11.3 Å². The highest BCUT2D eigenvalue weighted by Crippen LogP contribution is 2.19. The summed E-state index contributed by atoms with van der Waals surface area (Å²) in [6, 6.07) is 0.639. The normalized spacial score (nSPS) is 16.9. The first-order valence-corrected chi connectivity index (χ1v) is 8.30. The SMILES string of the molecule is Cc1csc2c(=O)n(CCNC3CCCCC3)cnc12. The Bertz CT molecular complexity index is 640. The van der Waals surface area contributed by atoms with Gasteiger partial charge in [0.05, 0.1) is 11.8 Å². The van der Waals surface area contributed by atoms with E-state index in [1.54, 1.807) is 10.9 Å². The minimum Gasteiger partial charge on any atom is -0.312 e. The largest absolute Gasteiger partial charge is 0.312 e. The molecule has 1 saturated carbocycles. The zero-order chi connectivity index (χ0) is 13.9. The second-order valence-corrected chi connectivity index (χ2v) is 6.51. The van der Waals surface area contributed by atoms with E-state index in [4.69, 9.17) is 0 Å². The average Bonchev–Trinajstić information content (AvgIpc) is 2.85. The van der Waals surface area contributed by atoms with Gasteiger partial charge >= 0.3 is 0 Å². The van der Waals surface area contributed by atoms with Gasteiger partial charge in [0.2, 0.25) is 0 Å². The van der Waals surface area contributed by atoms with Crippen LogP contribution in [-0.2, 0) is 6.54 Å². The number of aryl methyl sites for hydroxylation is 1. The highest BCUT2D eigenvalue weighted by Gasteiger charge is 2.12. The van der Waals surface area contributed by atoms with Crippen LogP contribution in [0.15, 0.2) is 16.5 Å². The molecule has 0 saturated heterocycles. The number of hydrogen-bond donors (Lipinski definition) is 1. The lowest BCUT2D eigenvalue weighted by Gasteiger charge is -2.22. The maximum absolute atomic E-state index is 12.3. The number of thiophene rings is 1. The van der Waals surface area contributed by atoms with Crippen LogP contribution in [0.5, 0.6) is 0 Å². The molecule has 5 heteroatoms. The lowest BCUT2D eigenvalue weighted by molar-refractivity contribution is 0.367. The van der Waals surface area contributed by atoms with Crippen molar-refractivity contribution >= 4 is 21.6 Å². The molecule has 2 heterocycles. The molecule has 108 valence electrons.